The van der Waals surface area contributed by atoms with E-state index in [0.29, 0.717) is 37.8 Å². The average Bonchev–Trinajstić information content (AvgIpc) is 3.58. The molecule has 1 heterocycles. The largest absolute Gasteiger partial charge is 0.372 e. The van der Waals surface area contributed by atoms with Crippen molar-refractivity contribution in [1.82, 2.24) is 9.21 Å². The highest BCUT2D eigenvalue weighted by Gasteiger charge is 2.34. The third-order valence-electron chi connectivity index (χ3n) is 6.11. The van der Waals surface area contributed by atoms with Crippen LogP contribution in [0.25, 0.3) is 0 Å². The van der Waals surface area contributed by atoms with Crippen molar-refractivity contribution in [3.63, 3.8) is 0 Å². The Morgan fingerprint density at radius 1 is 1.06 bits per heavy atom. The minimum absolute atomic E-state index is 0.0346. The van der Waals surface area contributed by atoms with E-state index < -0.39 is 14.9 Å². The van der Waals surface area contributed by atoms with Crippen LogP contribution in [0, 0.1) is 23.0 Å². The molecular formula is C22H28N4O4S. The van der Waals surface area contributed by atoms with Crippen molar-refractivity contribution in [2.45, 2.75) is 30.7 Å². The molecule has 0 unspecified atom stereocenters. The van der Waals surface area contributed by atoms with Crippen molar-refractivity contribution >= 4 is 21.4 Å². The van der Waals surface area contributed by atoms with Gasteiger partial charge in [0.05, 0.1) is 15.9 Å². The maximum Gasteiger partial charge on any atom is 0.293 e. The number of likely N-dealkylation sites (N-methyl/N-ethyl adjacent to an activating group) is 1. The molecule has 4 rings (SSSR count). The molecule has 8 nitrogen and oxygen atoms in total. The van der Waals surface area contributed by atoms with Crippen LogP contribution in [0.15, 0.2) is 47.4 Å². The molecule has 1 N–H and O–H groups in total. The number of hydrogen-bond acceptors (Lipinski definition) is 6. The lowest BCUT2D eigenvalue weighted by atomic mass is 10.0. The number of anilines is 1. The number of nitrogens with one attached hydrogen (secondary N) is 1. The lowest BCUT2D eigenvalue weighted by molar-refractivity contribution is -0.384. The number of sulfonamides is 1. The normalized spacial score (nSPS) is 19.2. The molecule has 0 spiro atoms. The number of nitro benzene ring substituents is 1. The van der Waals surface area contributed by atoms with Gasteiger partial charge in [-0.2, -0.15) is 4.31 Å². The molecule has 2 aromatic rings. The quantitative estimate of drug-likeness (QED) is 0.519. The maximum absolute atomic E-state index is 13.0. The summed E-state index contributed by atoms with van der Waals surface area (Å²) in [5, 5.41) is 15.2. The summed E-state index contributed by atoms with van der Waals surface area (Å²) in [6.07, 6.45) is 2.13. The van der Waals surface area contributed by atoms with E-state index in [4.69, 9.17) is 0 Å². The minimum atomic E-state index is -3.77. The van der Waals surface area contributed by atoms with Gasteiger partial charge in [-0.05, 0) is 50.4 Å². The van der Waals surface area contributed by atoms with Crippen molar-refractivity contribution in [1.29, 1.82) is 0 Å². The van der Waals surface area contributed by atoms with Gasteiger partial charge in [0.2, 0.25) is 10.0 Å². The standard InChI is InChI=1S/C22H28N4O4S/c1-16-3-5-17(6-4-16)22(18-7-8-18)23-20-10-9-19(15-21(20)26(27)28)31(29,30)25-13-11-24(2)12-14-25/h3-6,9-10,15,18,22-23H,7-8,11-14H2,1-2H3/t22-/m1/s1. The van der Waals surface area contributed by atoms with Crippen molar-refractivity contribution in [2.24, 2.45) is 5.92 Å². The van der Waals surface area contributed by atoms with Gasteiger partial charge in [0.15, 0.2) is 0 Å². The second-order valence-corrected chi connectivity index (χ2v) is 10.5. The number of aryl methyl sites for hydroxylation is 1. The van der Waals surface area contributed by atoms with Gasteiger partial charge < -0.3 is 10.2 Å². The number of rotatable bonds is 7. The summed E-state index contributed by atoms with van der Waals surface area (Å²) >= 11 is 0. The van der Waals surface area contributed by atoms with Gasteiger partial charge in [-0.3, -0.25) is 10.1 Å². The molecule has 0 amide bonds. The highest BCUT2D eigenvalue weighted by molar-refractivity contribution is 7.89. The van der Waals surface area contributed by atoms with E-state index in [1.165, 1.54) is 22.5 Å². The molecule has 0 bridgehead atoms. The Bertz CT molecular complexity index is 1060. The van der Waals surface area contributed by atoms with Gasteiger partial charge >= 0.3 is 0 Å². The number of piperazine rings is 1. The first-order valence-electron chi connectivity index (χ1n) is 10.6. The minimum Gasteiger partial charge on any atom is -0.372 e. The molecule has 0 radical (unpaired) electrons. The van der Waals surface area contributed by atoms with E-state index >= 15 is 0 Å². The van der Waals surface area contributed by atoms with E-state index in [0.717, 1.165) is 24.0 Å². The summed E-state index contributed by atoms with van der Waals surface area (Å²) in [6.45, 7) is 4.06. The van der Waals surface area contributed by atoms with Crippen LogP contribution in [0.3, 0.4) is 0 Å². The lowest BCUT2D eigenvalue weighted by Gasteiger charge is -2.31. The molecule has 2 aromatic carbocycles. The van der Waals surface area contributed by atoms with E-state index in [-0.39, 0.29) is 16.6 Å². The first-order chi connectivity index (χ1) is 14.8. The van der Waals surface area contributed by atoms with Crippen LogP contribution in [-0.4, -0.2) is 55.8 Å². The van der Waals surface area contributed by atoms with Crippen LogP contribution in [0.5, 0.6) is 0 Å². The maximum atomic E-state index is 13.0. The molecule has 1 aliphatic carbocycles. The summed E-state index contributed by atoms with van der Waals surface area (Å²) in [6, 6.07) is 12.3. The Balaban J connectivity index is 1.63. The Morgan fingerprint density at radius 3 is 2.29 bits per heavy atom. The third kappa shape index (κ3) is 4.73. The van der Waals surface area contributed by atoms with Crippen LogP contribution >= 0.6 is 0 Å². The Morgan fingerprint density at radius 2 is 1.71 bits per heavy atom. The second-order valence-electron chi connectivity index (χ2n) is 8.51. The summed E-state index contributed by atoms with van der Waals surface area (Å²) in [5.74, 6) is 0.413. The zero-order valence-electron chi connectivity index (χ0n) is 17.8. The molecule has 9 heteroatoms. The fraction of sp³-hybridized carbons (Fsp3) is 0.455. The van der Waals surface area contributed by atoms with Gasteiger partial charge in [0, 0.05) is 32.2 Å². The van der Waals surface area contributed by atoms with Crippen LogP contribution in [0.1, 0.15) is 30.0 Å². The number of hydrogen-bond donors (Lipinski definition) is 1. The van der Waals surface area contributed by atoms with Gasteiger partial charge in [0.25, 0.3) is 5.69 Å². The predicted octanol–water partition coefficient (Wildman–Crippen LogP) is 3.40. The Hall–Kier alpha value is -2.49. The fourth-order valence-electron chi connectivity index (χ4n) is 3.97. The first-order valence-corrected chi connectivity index (χ1v) is 12.0. The van der Waals surface area contributed by atoms with Crippen LogP contribution in [-0.2, 0) is 10.0 Å². The van der Waals surface area contributed by atoms with Crippen molar-refractivity contribution in [3.05, 3.63) is 63.7 Å². The summed E-state index contributed by atoms with van der Waals surface area (Å²) in [4.78, 5) is 13.3. The highest BCUT2D eigenvalue weighted by Crippen LogP contribution is 2.44. The second kappa shape index (κ2) is 8.57. The van der Waals surface area contributed by atoms with Crippen LogP contribution in [0.2, 0.25) is 0 Å². The molecule has 1 saturated heterocycles. The van der Waals surface area contributed by atoms with Gasteiger partial charge in [-0.1, -0.05) is 29.8 Å². The molecule has 1 atom stereocenters. The topological polar surface area (TPSA) is 95.8 Å². The van der Waals surface area contributed by atoms with Crippen molar-refractivity contribution in [2.75, 3.05) is 38.5 Å². The molecule has 1 saturated carbocycles. The predicted molar refractivity (Wildman–Crippen MR) is 120 cm³/mol. The van der Waals surface area contributed by atoms with Crippen LogP contribution in [0.4, 0.5) is 11.4 Å². The van der Waals surface area contributed by atoms with Gasteiger partial charge in [-0.15, -0.1) is 0 Å². The smallest absolute Gasteiger partial charge is 0.293 e. The monoisotopic (exact) mass is 444 g/mol. The van der Waals surface area contributed by atoms with Crippen LogP contribution < -0.4 is 5.32 Å². The summed E-state index contributed by atoms with van der Waals surface area (Å²) < 4.78 is 27.5. The van der Waals surface area contributed by atoms with Gasteiger partial charge in [0.1, 0.15) is 5.69 Å². The van der Waals surface area contributed by atoms with Crippen molar-refractivity contribution in [3.8, 4) is 0 Å². The molecule has 1 aliphatic heterocycles. The zero-order chi connectivity index (χ0) is 22.2. The molecule has 2 fully saturated rings. The van der Waals surface area contributed by atoms with E-state index in [1.54, 1.807) is 0 Å². The zero-order valence-corrected chi connectivity index (χ0v) is 18.6. The number of benzene rings is 2. The fourth-order valence-corrected chi connectivity index (χ4v) is 5.41. The molecule has 31 heavy (non-hydrogen) atoms. The third-order valence-corrected chi connectivity index (χ3v) is 8.00. The highest BCUT2D eigenvalue weighted by atomic mass is 32.2. The number of nitrogens with zero attached hydrogens (tertiary/aromatic N) is 3. The van der Waals surface area contributed by atoms with E-state index in [9.17, 15) is 18.5 Å². The van der Waals surface area contributed by atoms with Gasteiger partial charge in [-0.25, -0.2) is 8.42 Å². The summed E-state index contributed by atoms with van der Waals surface area (Å²) in [5.41, 5.74) is 2.37. The lowest BCUT2D eigenvalue weighted by Crippen LogP contribution is -2.47. The Labute approximate surface area is 183 Å². The van der Waals surface area contributed by atoms with Crippen molar-refractivity contribution < 1.29 is 13.3 Å². The number of nitro groups is 1. The first kappa shape index (κ1) is 21.7. The average molecular weight is 445 g/mol. The Kier molecular flexibility index (Phi) is 6.00. The summed E-state index contributed by atoms with van der Waals surface area (Å²) in [7, 11) is -1.83. The molecule has 0 aromatic heterocycles. The van der Waals surface area contributed by atoms with E-state index in [1.807, 2.05) is 38.2 Å². The SMILES string of the molecule is Cc1ccc([C@@H](Nc2ccc(S(=O)(=O)N3CCN(C)CC3)cc2[N+](=O)[O-])C2CC2)cc1. The molecule has 166 valence electrons. The van der Waals surface area contributed by atoms with E-state index in [2.05, 4.69) is 10.2 Å². The molecular weight excluding hydrogens is 416 g/mol. The molecule has 2 aliphatic rings.